The Balaban J connectivity index is 0.748. The van der Waals surface area contributed by atoms with Crippen molar-refractivity contribution in [3.05, 3.63) is 95.1 Å². The van der Waals surface area contributed by atoms with Crippen molar-refractivity contribution in [1.29, 1.82) is 0 Å². The highest BCUT2D eigenvalue weighted by Gasteiger charge is 2.61. The molecule has 8 aliphatic rings. The second-order valence-corrected chi connectivity index (χ2v) is 31.0. The molecule has 0 spiro atoms. The van der Waals surface area contributed by atoms with Gasteiger partial charge >= 0.3 is 11.9 Å². The lowest BCUT2D eigenvalue weighted by molar-refractivity contribution is -0.156. The zero-order chi connectivity index (χ0) is 58.8. The molecule has 2 amide bonds. The van der Waals surface area contributed by atoms with Crippen LogP contribution in [0.25, 0.3) is 0 Å². The minimum atomic E-state index is -0.984. The number of ether oxygens (including phenoxy) is 2. The summed E-state index contributed by atoms with van der Waals surface area (Å²) in [5, 5.41) is 5.85. The number of rotatable bonds is 22. The Labute approximate surface area is 502 Å². The molecule has 18 atom stereocenters. The third-order valence-electron chi connectivity index (χ3n) is 25.2. The number of carbonyl (C=O) groups is 4. The highest BCUT2D eigenvalue weighted by atomic mass is 16.5. The molecular weight excluding hydrogens is 1020 g/mol. The molecular formula is C75H110N2O6. The molecule has 0 aromatic heterocycles. The molecule has 0 unspecified atom stereocenters. The Morgan fingerprint density at radius 3 is 1.28 bits per heavy atom. The van der Waals surface area contributed by atoms with E-state index in [1.807, 2.05) is 60.7 Å². The fraction of sp³-hybridized carbons (Fsp3) is 0.733. The number of amides is 2. The van der Waals surface area contributed by atoms with Crippen LogP contribution in [0.2, 0.25) is 0 Å². The monoisotopic (exact) mass is 1130 g/mol. The average molecular weight is 1140 g/mol. The lowest BCUT2D eigenvalue weighted by Gasteiger charge is -2.58. The number of hydrogen-bond donors (Lipinski definition) is 2. The van der Waals surface area contributed by atoms with E-state index >= 15 is 0 Å². The minimum absolute atomic E-state index is 0.113. The van der Waals surface area contributed by atoms with Crippen molar-refractivity contribution < 1.29 is 28.7 Å². The number of benzene rings is 2. The van der Waals surface area contributed by atoms with Gasteiger partial charge in [0, 0.05) is 25.7 Å². The second-order valence-electron chi connectivity index (χ2n) is 31.0. The molecule has 0 radical (unpaired) electrons. The standard InChI is InChI=1S/C75H110N2O6/c1-48(2)19-17-21-50(5)60-31-33-62-58-29-27-54-45-56(35-39-72(54,7)64(58)37-41-74(60,62)9)82-70(80)66(43-52-23-13-11-14-24-52)76-68(78)47-69(79)77-67(44-53-25-15-12-16-26-53)71(81)83-57-36-40-73(8)55(46-57)28-30-59-63-34-32-61(51(6)22-18-20-49(3)4)75(63,10)42-38-65(59)73/h11-16,23-28,48-51,56-67H,17-22,29-47H2,1-10H3,(H,76,78)(H,77,79)/t50-,51-,56+,57+,58+,59+,60-,61-,62+,63+,64+,65+,66+,67+,72+,73+,74-,75-/m1/s1. The molecule has 83 heavy (non-hydrogen) atoms. The van der Waals surface area contributed by atoms with E-state index in [0.29, 0.717) is 22.7 Å². The molecule has 8 aliphatic carbocycles. The van der Waals surface area contributed by atoms with Crippen molar-refractivity contribution in [3.63, 3.8) is 0 Å². The number of fused-ring (bicyclic) bond motifs is 10. The maximum absolute atomic E-state index is 14.4. The van der Waals surface area contributed by atoms with Gasteiger partial charge < -0.3 is 20.1 Å². The summed E-state index contributed by atoms with van der Waals surface area (Å²) >= 11 is 0. The van der Waals surface area contributed by atoms with E-state index < -0.39 is 42.3 Å². The fourth-order valence-electron chi connectivity index (χ4n) is 20.7. The van der Waals surface area contributed by atoms with Gasteiger partial charge in [-0.2, -0.15) is 0 Å². The van der Waals surface area contributed by atoms with E-state index in [4.69, 9.17) is 9.47 Å². The van der Waals surface area contributed by atoms with Gasteiger partial charge in [0.1, 0.15) is 30.7 Å². The zero-order valence-corrected chi connectivity index (χ0v) is 53.3. The van der Waals surface area contributed by atoms with Gasteiger partial charge in [-0.1, -0.05) is 192 Å². The molecule has 6 fully saturated rings. The molecule has 0 saturated heterocycles. The third-order valence-corrected chi connectivity index (χ3v) is 25.2. The highest BCUT2D eigenvalue weighted by Crippen LogP contribution is 2.69. The number of nitrogens with one attached hydrogen (secondary N) is 2. The molecule has 0 heterocycles. The van der Waals surface area contributed by atoms with Crippen LogP contribution in [0.3, 0.4) is 0 Å². The van der Waals surface area contributed by atoms with Gasteiger partial charge in [-0.15, -0.1) is 0 Å². The number of hydrogen-bond acceptors (Lipinski definition) is 6. The van der Waals surface area contributed by atoms with Crippen LogP contribution in [-0.2, 0) is 41.5 Å². The normalized spacial score (nSPS) is 35.8. The largest absolute Gasteiger partial charge is 0.461 e. The third kappa shape index (κ3) is 13.2. The summed E-state index contributed by atoms with van der Waals surface area (Å²) in [5.74, 6) is 7.00. The first-order chi connectivity index (χ1) is 39.7. The van der Waals surface area contributed by atoms with Gasteiger partial charge in [-0.25, -0.2) is 9.59 Å². The van der Waals surface area contributed by atoms with Crippen LogP contribution in [0.1, 0.15) is 228 Å². The van der Waals surface area contributed by atoms with Crippen LogP contribution in [0.4, 0.5) is 0 Å². The van der Waals surface area contributed by atoms with Crippen molar-refractivity contribution in [2.45, 2.75) is 254 Å². The lowest BCUT2D eigenvalue weighted by atomic mass is 9.47. The first kappa shape index (κ1) is 61.9. The number of esters is 2. The number of allylic oxidation sites excluding steroid dienone is 2. The summed E-state index contributed by atoms with van der Waals surface area (Å²) in [4.78, 5) is 56.8. The van der Waals surface area contributed by atoms with E-state index in [1.54, 1.807) is 0 Å². The molecule has 0 bridgehead atoms. The van der Waals surface area contributed by atoms with Gasteiger partial charge in [-0.05, 0) is 194 Å². The predicted molar refractivity (Wildman–Crippen MR) is 335 cm³/mol. The molecule has 2 N–H and O–H groups in total. The quantitative estimate of drug-likeness (QED) is 0.0690. The Kier molecular flexibility index (Phi) is 19.4. The van der Waals surface area contributed by atoms with Crippen molar-refractivity contribution in [1.82, 2.24) is 10.6 Å². The summed E-state index contributed by atoms with van der Waals surface area (Å²) in [5.41, 5.74) is 5.78. The van der Waals surface area contributed by atoms with Gasteiger partial charge in [0.2, 0.25) is 11.8 Å². The molecule has 2 aromatic carbocycles. The van der Waals surface area contributed by atoms with Crippen molar-refractivity contribution in [3.8, 4) is 0 Å². The first-order valence-electron chi connectivity index (χ1n) is 34.1. The SMILES string of the molecule is CC(C)CCC[C@@H](C)[C@H]1CC[C@H]2[C@@H]3CC=C4C[C@@H](OC(=O)[C@H](Cc5ccccc5)NC(=O)CC(=O)N[C@@H](Cc5ccccc5)C(=O)O[C@H]5CC[C@@]6(C)C(=CC[C@H]7[C@@H]8CC[C@H]([C@H](C)CCCC(C)C)[C@@]8(C)CC[C@@H]76)C5)CC[C@]4(C)[C@H]3CC[C@]12C. The van der Waals surface area contributed by atoms with E-state index in [1.165, 1.54) is 101 Å². The summed E-state index contributed by atoms with van der Waals surface area (Å²) in [6, 6.07) is 17.4. The maximum atomic E-state index is 14.4. The van der Waals surface area contributed by atoms with Crippen LogP contribution in [0, 0.1) is 92.7 Å². The number of carbonyl (C=O) groups excluding carboxylic acids is 4. The van der Waals surface area contributed by atoms with Gasteiger partial charge in [0.05, 0.1) is 0 Å². The summed E-state index contributed by atoms with van der Waals surface area (Å²) in [6.45, 7) is 24.9. The maximum Gasteiger partial charge on any atom is 0.329 e. The van der Waals surface area contributed by atoms with E-state index in [-0.39, 0.29) is 35.9 Å². The van der Waals surface area contributed by atoms with E-state index in [9.17, 15) is 19.2 Å². The van der Waals surface area contributed by atoms with Crippen molar-refractivity contribution in [2.24, 2.45) is 92.7 Å². The lowest BCUT2D eigenvalue weighted by Crippen LogP contribution is -2.52. The Morgan fingerprint density at radius 1 is 0.494 bits per heavy atom. The van der Waals surface area contributed by atoms with Crippen LogP contribution in [0.5, 0.6) is 0 Å². The van der Waals surface area contributed by atoms with E-state index in [2.05, 4.69) is 92.0 Å². The van der Waals surface area contributed by atoms with Crippen LogP contribution in [-0.4, -0.2) is 48.0 Å². The summed E-state index contributed by atoms with van der Waals surface area (Å²) in [6.07, 6.45) is 30.6. The topological polar surface area (TPSA) is 111 Å². The minimum Gasteiger partial charge on any atom is -0.461 e. The Hall–Kier alpha value is -4.20. The molecule has 0 aliphatic heterocycles. The molecule has 6 saturated carbocycles. The van der Waals surface area contributed by atoms with Gasteiger partial charge in [0.25, 0.3) is 0 Å². The Bertz CT molecular complexity index is 2450. The molecule has 8 nitrogen and oxygen atoms in total. The molecule has 2 aromatic rings. The smallest absolute Gasteiger partial charge is 0.329 e. The van der Waals surface area contributed by atoms with Gasteiger partial charge in [-0.3, -0.25) is 9.59 Å². The van der Waals surface area contributed by atoms with Crippen LogP contribution < -0.4 is 10.6 Å². The van der Waals surface area contributed by atoms with Crippen molar-refractivity contribution in [2.75, 3.05) is 0 Å². The first-order valence-corrected chi connectivity index (χ1v) is 34.1. The van der Waals surface area contributed by atoms with Crippen LogP contribution >= 0.6 is 0 Å². The molecule has 10 rings (SSSR count). The summed E-state index contributed by atoms with van der Waals surface area (Å²) in [7, 11) is 0. The van der Waals surface area contributed by atoms with Crippen molar-refractivity contribution >= 4 is 23.8 Å². The Morgan fingerprint density at radius 2 is 0.892 bits per heavy atom. The predicted octanol–water partition coefficient (Wildman–Crippen LogP) is 16.7. The summed E-state index contributed by atoms with van der Waals surface area (Å²) < 4.78 is 12.8. The highest BCUT2D eigenvalue weighted by molar-refractivity contribution is 5.99. The second kappa shape index (κ2) is 26.0. The molecule has 8 heteroatoms. The zero-order valence-electron chi connectivity index (χ0n) is 53.3. The van der Waals surface area contributed by atoms with E-state index in [0.717, 1.165) is 122 Å². The average Bonchev–Trinajstić information content (AvgIpc) is 2.73. The fourth-order valence-corrected chi connectivity index (χ4v) is 20.7. The van der Waals surface area contributed by atoms with Gasteiger partial charge in [0.15, 0.2) is 0 Å². The molecule has 456 valence electrons. The van der Waals surface area contributed by atoms with Crippen LogP contribution in [0.15, 0.2) is 84.0 Å².